The molecule has 2 heterocycles. The first-order chi connectivity index (χ1) is 8.52. The summed E-state index contributed by atoms with van der Waals surface area (Å²) in [5, 5.41) is 9.74. The van der Waals surface area contributed by atoms with E-state index in [-0.39, 0.29) is 11.8 Å². The number of carboxylic acids is 1. The predicted molar refractivity (Wildman–Crippen MR) is 67.2 cm³/mol. The molecule has 18 heavy (non-hydrogen) atoms. The molecule has 2 bridgehead atoms. The van der Waals surface area contributed by atoms with Gasteiger partial charge < -0.3 is 14.9 Å². The number of rotatable bonds is 4. The Balaban J connectivity index is 2.35. The van der Waals surface area contributed by atoms with Crippen molar-refractivity contribution in [1.29, 1.82) is 0 Å². The van der Waals surface area contributed by atoms with Crippen LogP contribution in [0.3, 0.4) is 0 Å². The Hall–Kier alpha value is -1.10. The molecule has 3 atom stereocenters. The van der Waals surface area contributed by atoms with Gasteiger partial charge >= 0.3 is 5.97 Å². The topological polar surface area (TPSA) is 60.9 Å². The Morgan fingerprint density at radius 2 is 2.17 bits per heavy atom. The number of nitrogens with zero attached hydrogens (tertiary/aromatic N) is 2. The molecule has 5 heteroatoms. The molecule has 3 unspecified atom stereocenters. The summed E-state index contributed by atoms with van der Waals surface area (Å²) in [6.07, 6.45) is 2.25. The number of hydrogen-bond donors (Lipinski definition) is 1. The van der Waals surface area contributed by atoms with Crippen LogP contribution in [0.1, 0.15) is 33.1 Å². The van der Waals surface area contributed by atoms with Crippen molar-refractivity contribution >= 4 is 11.9 Å². The molecule has 0 aromatic heterocycles. The number of amides is 1. The minimum Gasteiger partial charge on any atom is -0.479 e. The molecule has 0 aliphatic carbocycles. The molecule has 2 aliphatic heterocycles. The van der Waals surface area contributed by atoms with Crippen LogP contribution in [-0.2, 0) is 9.59 Å². The highest BCUT2D eigenvalue weighted by Crippen LogP contribution is 2.40. The molecular formula is C13H22N2O3. The molecule has 0 saturated carbocycles. The van der Waals surface area contributed by atoms with E-state index in [9.17, 15) is 14.7 Å². The zero-order chi connectivity index (χ0) is 13.3. The Morgan fingerprint density at radius 3 is 2.72 bits per heavy atom. The first-order valence-corrected chi connectivity index (χ1v) is 6.76. The summed E-state index contributed by atoms with van der Waals surface area (Å²) < 4.78 is 0. The average Bonchev–Trinajstić information content (AvgIpc) is 2.71. The van der Waals surface area contributed by atoms with Gasteiger partial charge in [0.05, 0.1) is 0 Å². The summed E-state index contributed by atoms with van der Waals surface area (Å²) >= 11 is 0. The fourth-order valence-corrected chi connectivity index (χ4v) is 3.57. The van der Waals surface area contributed by atoms with Crippen molar-refractivity contribution in [2.24, 2.45) is 5.92 Å². The monoisotopic (exact) mass is 254 g/mol. The number of carbonyl (C=O) groups is 2. The summed E-state index contributed by atoms with van der Waals surface area (Å²) in [5.41, 5.74) is -0.963. The molecule has 5 nitrogen and oxygen atoms in total. The highest BCUT2D eigenvalue weighted by atomic mass is 16.4. The van der Waals surface area contributed by atoms with Gasteiger partial charge in [0.15, 0.2) is 0 Å². The highest BCUT2D eigenvalue weighted by Gasteiger charge is 2.55. The van der Waals surface area contributed by atoms with Crippen molar-refractivity contribution in [2.75, 3.05) is 26.2 Å². The van der Waals surface area contributed by atoms with E-state index in [4.69, 9.17) is 0 Å². The molecule has 0 aromatic rings. The van der Waals surface area contributed by atoms with Crippen LogP contribution >= 0.6 is 0 Å². The standard InChI is InChI=1S/C13H22N2O3/c1-3-6-15(10(2)16)13(12(17)18)5-8-14-7-4-11(13)9-14/h11H,3-9H2,1-2H3,(H,17,18). The average molecular weight is 254 g/mol. The van der Waals surface area contributed by atoms with E-state index in [1.165, 1.54) is 6.92 Å². The fraction of sp³-hybridized carbons (Fsp3) is 0.846. The maximum absolute atomic E-state index is 11.9. The second kappa shape index (κ2) is 4.88. The zero-order valence-electron chi connectivity index (χ0n) is 11.2. The van der Waals surface area contributed by atoms with E-state index in [0.717, 1.165) is 32.5 Å². The van der Waals surface area contributed by atoms with Gasteiger partial charge in [-0.25, -0.2) is 4.79 Å². The SMILES string of the molecule is CCCN(C(C)=O)C1(C(=O)O)CCN2CCC1C2. The second-order valence-electron chi connectivity index (χ2n) is 5.44. The van der Waals surface area contributed by atoms with Crippen LogP contribution in [0.15, 0.2) is 0 Å². The number of carboxylic acid groups (broad SMARTS) is 1. The molecular weight excluding hydrogens is 232 g/mol. The van der Waals surface area contributed by atoms with Gasteiger partial charge in [0, 0.05) is 32.5 Å². The number of carbonyl (C=O) groups excluding carboxylic acids is 1. The zero-order valence-corrected chi connectivity index (χ0v) is 11.2. The lowest BCUT2D eigenvalue weighted by Crippen LogP contribution is -2.64. The molecule has 0 aromatic carbocycles. The number of fused-ring (bicyclic) bond motifs is 2. The van der Waals surface area contributed by atoms with E-state index >= 15 is 0 Å². The lowest BCUT2D eigenvalue weighted by Gasteiger charge is -2.47. The van der Waals surface area contributed by atoms with Gasteiger partial charge in [-0.05, 0) is 25.8 Å². The predicted octanol–water partition coefficient (Wildman–Crippen LogP) is 0.794. The fourth-order valence-electron chi connectivity index (χ4n) is 3.57. The quantitative estimate of drug-likeness (QED) is 0.806. The van der Waals surface area contributed by atoms with E-state index in [0.29, 0.717) is 13.0 Å². The third kappa shape index (κ3) is 1.90. The lowest BCUT2D eigenvalue weighted by molar-refractivity contribution is -0.165. The van der Waals surface area contributed by atoms with Crippen LogP contribution in [0.4, 0.5) is 0 Å². The summed E-state index contributed by atoms with van der Waals surface area (Å²) in [6.45, 7) is 6.59. The minimum atomic E-state index is -0.963. The number of aliphatic carboxylic acids is 1. The summed E-state index contributed by atoms with van der Waals surface area (Å²) in [7, 11) is 0. The van der Waals surface area contributed by atoms with E-state index in [2.05, 4.69) is 4.90 Å². The molecule has 2 rings (SSSR count). The Bertz CT molecular complexity index is 358. The molecule has 0 spiro atoms. The Morgan fingerprint density at radius 1 is 1.44 bits per heavy atom. The summed E-state index contributed by atoms with van der Waals surface area (Å²) in [6, 6.07) is 0. The maximum Gasteiger partial charge on any atom is 0.330 e. The molecule has 1 N–H and O–H groups in total. The van der Waals surface area contributed by atoms with Crippen molar-refractivity contribution in [1.82, 2.24) is 9.80 Å². The first-order valence-electron chi connectivity index (χ1n) is 6.76. The molecule has 2 fully saturated rings. The van der Waals surface area contributed by atoms with Crippen LogP contribution in [-0.4, -0.2) is 58.5 Å². The Labute approximate surface area is 108 Å². The smallest absolute Gasteiger partial charge is 0.330 e. The largest absolute Gasteiger partial charge is 0.479 e. The summed E-state index contributed by atoms with van der Waals surface area (Å²) in [4.78, 5) is 27.7. The van der Waals surface area contributed by atoms with Crippen LogP contribution in [0.5, 0.6) is 0 Å². The molecule has 2 aliphatic rings. The van der Waals surface area contributed by atoms with Gasteiger partial charge in [-0.1, -0.05) is 6.92 Å². The van der Waals surface area contributed by atoms with E-state index in [1.807, 2.05) is 6.92 Å². The molecule has 1 amide bonds. The van der Waals surface area contributed by atoms with Gasteiger partial charge in [-0.3, -0.25) is 4.79 Å². The number of hydrogen-bond acceptors (Lipinski definition) is 3. The third-order valence-corrected chi connectivity index (χ3v) is 4.44. The molecule has 102 valence electrons. The van der Waals surface area contributed by atoms with Crippen molar-refractivity contribution in [3.8, 4) is 0 Å². The van der Waals surface area contributed by atoms with Crippen molar-refractivity contribution in [3.63, 3.8) is 0 Å². The van der Waals surface area contributed by atoms with Crippen LogP contribution in [0, 0.1) is 5.92 Å². The molecule has 2 saturated heterocycles. The van der Waals surface area contributed by atoms with Crippen molar-refractivity contribution < 1.29 is 14.7 Å². The highest BCUT2D eigenvalue weighted by molar-refractivity contribution is 5.86. The van der Waals surface area contributed by atoms with Gasteiger partial charge in [-0.15, -0.1) is 0 Å². The van der Waals surface area contributed by atoms with Crippen molar-refractivity contribution in [3.05, 3.63) is 0 Å². The van der Waals surface area contributed by atoms with Gasteiger partial charge in [0.25, 0.3) is 0 Å². The Kier molecular flexibility index (Phi) is 3.61. The normalized spacial score (nSPS) is 34.3. The second-order valence-corrected chi connectivity index (χ2v) is 5.44. The van der Waals surface area contributed by atoms with E-state index in [1.54, 1.807) is 4.90 Å². The van der Waals surface area contributed by atoms with Gasteiger partial charge in [0.1, 0.15) is 5.54 Å². The van der Waals surface area contributed by atoms with E-state index < -0.39 is 11.5 Å². The summed E-state index contributed by atoms with van der Waals surface area (Å²) in [5.74, 6) is -0.850. The minimum absolute atomic E-state index is 0.0826. The lowest BCUT2D eigenvalue weighted by atomic mass is 9.77. The van der Waals surface area contributed by atoms with Gasteiger partial charge in [0.2, 0.25) is 5.91 Å². The number of piperidine rings is 1. The van der Waals surface area contributed by atoms with Crippen molar-refractivity contribution in [2.45, 2.75) is 38.6 Å². The van der Waals surface area contributed by atoms with Crippen LogP contribution in [0.2, 0.25) is 0 Å². The van der Waals surface area contributed by atoms with Gasteiger partial charge in [-0.2, -0.15) is 0 Å². The first kappa shape index (κ1) is 13.3. The van der Waals surface area contributed by atoms with Crippen LogP contribution in [0.25, 0.3) is 0 Å². The third-order valence-electron chi connectivity index (χ3n) is 4.44. The molecule has 0 radical (unpaired) electrons. The van der Waals surface area contributed by atoms with Crippen LogP contribution < -0.4 is 0 Å². The maximum atomic E-state index is 11.9.